The van der Waals surface area contributed by atoms with E-state index in [9.17, 15) is 0 Å². The number of rotatable bonds is 6. The van der Waals surface area contributed by atoms with Crippen molar-refractivity contribution < 1.29 is 4.42 Å². The van der Waals surface area contributed by atoms with Crippen LogP contribution in [0.15, 0.2) is 223 Å². The molecular formula is C54H36N2OSi. The summed E-state index contributed by atoms with van der Waals surface area (Å²) in [6.45, 7) is 0. The van der Waals surface area contributed by atoms with Crippen molar-refractivity contribution in [3.63, 3.8) is 0 Å². The van der Waals surface area contributed by atoms with Crippen LogP contribution in [-0.4, -0.2) is 17.2 Å². The van der Waals surface area contributed by atoms with Gasteiger partial charge in [0.25, 0.3) is 0 Å². The quantitative estimate of drug-likeness (QED) is 0.122. The lowest BCUT2D eigenvalue weighted by atomic mass is 10.1. The molecule has 0 N–H and O–H groups in total. The maximum absolute atomic E-state index is 6.36. The first-order chi connectivity index (χ1) is 28.8. The van der Waals surface area contributed by atoms with Gasteiger partial charge in [-0.05, 0) is 81.4 Å². The summed E-state index contributed by atoms with van der Waals surface area (Å²) in [5.41, 5.74) is 8.90. The highest BCUT2D eigenvalue weighted by Crippen LogP contribution is 2.41. The van der Waals surface area contributed by atoms with Crippen LogP contribution in [0, 0.1) is 0 Å². The Kier molecular flexibility index (Phi) is 7.25. The number of benzene rings is 9. The van der Waals surface area contributed by atoms with Crippen molar-refractivity contribution in [3.8, 4) is 11.4 Å². The molecule has 0 saturated heterocycles. The topological polar surface area (TPSA) is 23.0 Å². The molecular weight excluding hydrogens is 721 g/mol. The van der Waals surface area contributed by atoms with Crippen LogP contribution in [0.5, 0.6) is 0 Å². The highest BCUT2D eigenvalue weighted by Gasteiger charge is 2.41. The molecule has 0 bridgehead atoms. The molecule has 12 rings (SSSR count). The van der Waals surface area contributed by atoms with Gasteiger partial charge in [0, 0.05) is 43.7 Å². The van der Waals surface area contributed by atoms with Crippen LogP contribution >= 0.6 is 0 Å². The van der Waals surface area contributed by atoms with E-state index in [1.165, 1.54) is 69.7 Å². The van der Waals surface area contributed by atoms with E-state index in [4.69, 9.17) is 4.42 Å². The van der Waals surface area contributed by atoms with Gasteiger partial charge in [0.2, 0.25) is 0 Å². The average molecular weight is 757 g/mol. The van der Waals surface area contributed by atoms with Gasteiger partial charge in [-0.15, -0.1) is 0 Å². The second-order valence-electron chi connectivity index (χ2n) is 15.2. The van der Waals surface area contributed by atoms with Crippen LogP contribution in [0.3, 0.4) is 0 Å². The van der Waals surface area contributed by atoms with Gasteiger partial charge < -0.3 is 13.6 Å². The van der Waals surface area contributed by atoms with Gasteiger partial charge in [-0.3, -0.25) is 0 Å². The fourth-order valence-electron chi connectivity index (χ4n) is 9.85. The molecule has 4 heteroatoms. The van der Waals surface area contributed by atoms with Crippen LogP contribution in [0.1, 0.15) is 0 Å². The summed E-state index contributed by atoms with van der Waals surface area (Å²) in [6.07, 6.45) is 0. The van der Waals surface area contributed by atoms with Crippen molar-refractivity contribution in [1.29, 1.82) is 0 Å². The minimum atomic E-state index is -2.82. The Morgan fingerprint density at radius 1 is 0.276 bits per heavy atom. The Hall–Kier alpha value is -7.40. The Morgan fingerprint density at radius 2 is 0.690 bits per heavy atom. The monoisotopic (exact) mass is 756 g/mol. The van der Waals surface area contributed by atoms with Gasteiger partial charge in [-0.1, -0.05) is 158 Å². The van der Waals surface area contributed by atoms with Crippen molar-refractivity contribution in [2.75, 3.05) is 0 Å². The standard InChI is InChI=1S/C54H36N2OSi/c1-3-15-39(16-4-1)58(40-17-5-2-6-18-40,41-31-27-37(28-32-41)55-47-23-11-7-19-43(47)44-20-8-12-24-48(44)55)42-33-29-38(30-34-42)56-49-25-13-9-21-45(49)53-50(56)35-36-52-54(53)46-22-10-14-26-51(46)57-52/h1-36H. The Labute approximate surface area is 336 Å². The number of hydrogen-bond acceptors (Lipinski definition) is 1. The smallest absolute Gasteiger partial charge is 0.179 e. The number of hydrogen-bond donors (Lipinski definition) is 0. The fraction of sp³-hybridized carbons (Fsp3) is 0. The van der Waals surface area contributed by atoms with Gasteiger partial charge in [0.1, 0.15) is 11.2 Å². The van der Waals surface area contributed by atoms with E-state index in [-0.39, 0.29) is 0 Å². The molecule has 3 aromatic heterocycles. The molecule has 0 spiro atoms. The maximum Gasteiger partial charge on any atom is 0.179 e. The lowest BCUT2D eigenvalue weighted by molar-refractivity contribution is 0.669. The largest absolute Gasteiger partial charge is 0.456 e. The first-order valence-corrected chi connectivity index (χ1v) is 21.9. The summed E-state index contributed by atoms with van der Waals surface area (Å²) in [6, 6.07) is 80.2. The number of fused-ring (bicyclic) bond motifs is 10. The van der Waals surface area contributed by atoms with Crippen molar-refractivity contribution >= 4 is 94.4 Å². The number of nitrogens with zero attached hydrogens (tertiary/aromatic N) is 2. The Bertz CT molecular complexity index is 3390. The second-order valence-corrected chi connectivity index (χ2v) is 19.0. The van der Waals surface area contributed by atoms with Gasteiger partial charge in [0.05, 0.1) is 22.1 Å². The lowest BCUT2D eigenvalue weighted by Crippen LogP contribution is -2.74. The van der Waals surface area contributed by atoms with E-state index in [0.717, 1.165) is 27.9 Å². The zero-order valence-corrected chi connectivity index (χ0v) is 32.6. The van der Waals surface area contributed by atoms with E-state index in [0.29, 0.717) is 0 Å². The van der Waals surface area contributed by atoms with Gasteiger partial charge in [-0.25, -0.2) is 0 Å². The molecule has 9 aromatic carbocycles. The minimum Gasteiger partial charge on any atom is -0.456 e. The molecule has 0 radical (unpaired) electrons. The van der Waals surface area contributed by atoms with Crippen LogP contribution in [0.2, 0.25) is 0 Å². The molecule has 0 fully saturated rings. The summed E-state index contributed by atoms with van der Waals surface area (Å²) in [4.78, 5) is 0. The van der Waals surface area contributed by atoms with Crippen molar-refractivity contribution in [3.05, 3.63) is 218 Å². The fourth-order valence-corrected chi connectivity index (χ4v) is 14.6. The summed E-state index contributed by atoms with van der Waals surface area (Å²) >= 11 is 0. The molecule has 0 aliphatic carbocycles. The van der Waals surface area contributed by atoms with E-state index in [1.807, 2.05) is 6.07 Å². The normalized spacial score (nSPS) is 12.1. The molecule has 272 valence electrons. The van der Waals surface area contributed by atoms with Crippen molar-refractivity contribution in [1.82, 2.24) is 9.13 Å². The van der Waals surface area contributed by atoms with Crippen molar-refractivity contribution in [2.24, 2.45) is 0 Å². The van der Waals surface area contributed by atoms with E-state index >= 15 is 0 Å². The molecule has 0 saturated carbocycles. The molecule has 3 nitrogen and oxygen atoms in total. The van der Waals surface area contributed by atoms with Gasteiger partial charge in [0.15, 0.2) is 8.07 Å². The zero-order valence-electron chi connectivity index (χ0n) is 31.6. The second kappa shape index (κ2) is 12.8. The predicted octanol–water partition coefficient (Wildman–Crippen LogP) is 11.2. The third-order valence-corrected chi connectivity index (χ3v) is 17.1. The highest BCUT2D eigenvalue weighted by atomic mass is 28.3. The minimum absolute atomic E-state index is 0.914. The number of para-hydroxylation sites is 4. The summed E-state index contributed by atoms with van der Waals surface area (Å²) in [5, 5.41) is 12.7. The number of aromatic nitrogens is 2. The molecule has 0 aliphatic heterocycles. The Morgan fingerprint density at radius 3 is 1.24 bits per heavy atom. The molecule has 0 amide bonds. The molecule has 3 heterocycles. The van der Waals surface area contributed by atoms with E-state index in [1.54, 1.807) is 0 Å². The van der Waals surface area contributed by atoms with E-state index < -0.39 is 8.07 Å². The van der Waals surface area contributed by atoms with E-state index in [2.05, 4.69) is 221 Å². The van der Waals surface area contributed by atoms with Crippen LogP contribution < -0.4 is 20.7 Å². The van der Waals surface area contributed by atoms with Crippen LogP contribution in [0.4, 0.5) is 0 Å². The predicted molar refractivity (Wildman–Crippen MR) is 246 cm³/mol. The van der Waals surface area contributed by atoms with Gasteiger partial charge >= 0.3 is 0 Å². The summed E-state index contributed by atoms with van der Waals surface area (Å²) in [5.74, 6) is 0. The molecule has 12 aromatic rings. The first kappa shape index (κ1) is 32.8. The zero-order chi connectivity index (χ0) is 38.2. The third kappa shape index (κ3) is 4.67. The average Bonchev–Trinajstić information content (AvgIpc) is 3.96. The van der Waals surface area contributed by atoms with Gasteiger partial charge in [-0.2, -0.15) is 0 Å². The van der Waals surface area contributed by atoms with Crippen LogP contribution in [0.25, 0.3) is 76.9 Å². The summed E-state index contributed by atoms with van der Waals surface area (Å²) in [7, 11) is -2.82. The first-order valence-electron chi connectivity index (χ1n) is 19.9. The lowest BCUT2D eigenvalue weighted by Gasteiger charge is -2.34. The highest BCUT2D eigenvalue weighted by molar-refractivity contribution is 7.19. The molecule has 58 heavy (non-hydrogen) atoms. The molecule has 0 unspecified atom stereocenters. The van der Waals surface area contributed by atoms with Crippen LogP contribution in [-0.2, 0) is 0 Å². The molecule has 0 aliphatic rings. The third-order valence-electron chi connectivity index (χ3n) is 12.3. The SMILES string of the molecule is c1ccc([Si](c2ccccc2)(c2ccc(-n3c4ccccc4c4ccccc43)cc2)c2ccc(-n3c4ccccc4c4c5c(ccc43)oc3ccccc35)cc2)cc1. The van der Waals surface area contributed by atoms with Crippen molar-refractivity contribution in [2.45, 2.75) is 0 Å². The summed E-state index contributed by atoms with van der Waals surface area (Å²) < 4.78 is 11.2. The molecule has 0 atom stereocenters. The maximum atomic E-state index is 6.36. The number of furan rings is 1. The Balaban J connectivity index is 1.07.